The molecule has 0 saturated carbocycles. The van der Waals surface area contributed by atoms with Gasteiger partial charge in [-0.1, -0.05) is 24.3 Å². The van der Waals surface area contributed by atoms with Crippen LogP contribution in [0.1, 0.15) is 39.0 Å². The normalized spacial score (nSPS) is 15.3. The van der Waals surface area contributed by atoms with Crippen LogP contribution < -0.4 is 10.1 Å². The van der Waals surface area contributed by atoms with Gasteiger partial charge in [0, 0.05) is 30.5 Å². The number of amides is 1. The van der Waals surface area contributed by atoms with Gasteiger partial charge >= 0.3 is 0 Å². The number of para-hydroxylation sites is 1. The van der Waals surface area contributed by atoms with E-state index in [0.717, 1.165) is 28.3 Å². The first kappa shape index (κ1) is 19.6. The Kier molecular flexibility index (Phi) is 5.20. The highest BCUT2D eigenvalue weighted by atomic mass is 16.5. The SMILES string of the molecule is COc1ccc(CCN2C(=O)c3ccccc3N[C@@H]2c2cc(C#N)n(C)c2C)cc1. The lowest BCUT2D eigenvalue weighted by atomic mass is 10.0. The predicted octanol–water partition coefficient (Wildman–Crippen LogP) is 4.02. The highest BCUT2D eigenvalue weighted by Gasteiger charge is 2.34. The molecule has 0 radical (unpaired) electrons. The number of carbonyl (C=O) groups excluding carboxylic acids is 1. The lowest BCUT2D eigenvalue weighted by Crippen LogP contribution is -2.44. The number of nitrogens with one attached hydrogen (secondary N) is 1. The molecule has 152 valence electrons. The van der Waals surface area contributed by atoms with E-state index in [9.17, 15) is 10.1 Å². The quantitative estimate of drug-likeness (QED) is 0.702. The summed E-state index contributed by atoms with van der Waals surface area (Å²) < 4.78 is 7.09. The number of anilines is 1. The van der Waals surface area contributed by atoms with Gasteiger partial charge in [-0.2, -0.15) is 5.26 Å². The van der Waals surface area contributed by atoms with Gasteiger partial charge in [-0.3, -0.25) is 4.79 Å². The van der Waals surface area contributed by atoms with Crippen molar-refractivity contribution in [2.45, 2.75) is 19.5 Å². The van der Waals surface area contributed by atoms with Crippen molar-refractivity contribution in [2.75, 3.05) is 19.0 Å². The molecule has 6 heteroatoms. The number of nitrogens with zero attached hydrogens (tertiary/aromatic N) is 3. The number of carbonyl (C=O) groups is 1. The molecule has 6 nitrogen and oxygen atoms in total. The number of rotatable bonds is 5. The summed E-state index contributed by atoms with van der Waals surface area (Å²) in [5, 5.41) is 13.0. The van der Waals surface area contributed by atoms with Crippen LogP contribution in [0.2, 0.25) is 0 Å². The second-order valence-corrected chi connectivity index (χ2v) is 7.43. The van der Waals surface area contributed by atoms with Crippen LogP contribution in [0.3, 0.4) is 0 Å². The molecule has 1 amide bonds. The van der Waals surface area contributed by atoms with E-state index in [2.05, 4.69) is 11.4 Å². The smallest absolute Gasteiger partial charge is 0.257 e. The van der Waals surface area contributed by atoms with Crippen molar-refractivity contribution in [1.82, 2.24) is 9.47 Å². The second-order valence-electron chi connectivity index (χ2n) is 7.43. The zero-order valence-electron chi connectivity index (χ0n) is 17.3. The molecule has 1 N–H and O–H groups in total. The molecule has 0 unspecified atom stereocenters. The van der Waals surface area contributed by atoms with E-state index in [4.69, 9.17) is 4.74 Å². The van der Waals surface area contributed by atoms with Crippen LogP contribution in [0.5, 0.6) is 5.75 Å². The molecular formula is C24H24N4O2. The van der Waals surface area contributed by atoms with Gasteiger partial charge in [-0.05, 0) is 49.2 Å². The topological polar surface area (TPSA) is 70.3 Å². The Balaban J connectivity index is 1.68. The minimum atomic E-state index is -0.334. The molecule has 2 aromatic carbocycles. The van der Waals surface area contributed by atoms with E-state index >= 15 is 0 Å². The third-order valence-electron chi connectivity index (χ3n) is 5.81. The Hall–Kier alpha value is -3.72. The summed E-state index contributed by atoms with van der Waals surface area (Å²) >= 11 is 0. The molecule has 1 aromatic heterocycles. The van der Waals surface area contributed by atoms with Crippen molar-refractivity contribution in [3.05, 3.63) is 82.7 Å². The Bertz CT molecular complexity index is 1130. The zero-order chi connectivity index (χ0) is 21.3. The molecule has 4 rings (SSSR count). The van der Waals surface area contributed by atoms with E-state index in [-0.39, 0.29) is 12.1 Å². The molecule has 1 aliphatic heterocycles. The number of ether oxygens (including phenoxy) is 1. The first-order valence-corrected chi connectivity index (χ1v) is 9.89. The van der Waals surface area contributed by atoms with E-state index in [1.807, 2.05) is 78.0 Å². The number of benzene rings is 2. The average molecular weight is 400 g/mol. The third-order valence-corrected chi connectivity index (χ3v) is 5.81. The minimum absolute atomic E-state index is 0.00961. The van der Waals surface area contributed by atoms with Gasteiger partial charge in [0.25, 0.3) is 5.91 Å². The van der Waals surface area contributed by atoms with Crippen molar-refractivity contribution >= 4 is 11.6 Å². The highest BCUT2D eigenvalue weighted by Crippen LogP contribution is 2.35. The fourth-order valence-electron chi connectivity index (χ4n) is 3.92. The maximum Gasteiger partial charge on any atom is 0.257 e. The number of hydrogen-bond acceptors (Lipinski definition) is 4. The first-order valence-electron chi connectivity index (χ1n) is 9.89. The number of methoxy groups -OCH3 is 1. The van der Waals surface area contributed by atoms with Gasteiger partial charge in [0.05, 0.1) is 12.7 Å². The maximum atomic E-state index is 13.4. The van der Waals surface area contributed by atoms with Crippen LogP contribution >= 0.6 is 0 Å². The summed E-state index contributed by atoms with van der Waals surface area (Å²) in [6.07, 6.45) is 0.381. The van der Waals surface area contributed by atoms with E-state index in [1.54, 1.807) is 7.11 Å². The van der Waals surface area contributed by atoms with Crippen molar-refractivity contribution in [3.8, 4) is 11.8 Å². The van der Waals surface area contributed by atoms with Crippen LogP contribution in [-0.2, 0) is 13.5 Å². The van der Waals surface area contributed by atoms with Gasteiger partial charge in [0.15, 0.2) is 0 Å². The standard InChI is InChI=1S/C24H24N4O2/c1-16-21(14-18(15-25)27(16)2)23-26-22-7-5-4-6-20(22)24(29)28(23)13-12-17-8-10-19(30-3)11-9-17/h4-11,14,23,26H,12-13H2,1-3H3/t23-/m0/s1. The summed E-state index contributed by atoms with van der Waals surface area (Å²) in [6, 6.07) is 19.6. The fraction of sp³-hybridized carbons (Fsp3) is 0.250. The van der Waals surface area contributed by atoms with Gasteiger partial charge in [0.1, 0.15) is 23.7 Å². The minimum Gasteiger partial charge on any atom is -0.497 e. The monoisotopic (exact) mass is 400 g/mol. The van der Waals surface area contributed by atoms with Crippen molar-refractivity contribution in [3.63, 3.8) is 0 Å². The molecule has 1 atom stereocenters. The molecule has 30 heavy (non-hydrogen) atoms. The molecule has 2 heterocycles. The highest BCUT2D eigenvalue weighted by molar-refractivity contribution is 6.01. The summed E-state index contributed by atoms with van der Waals surface area (Å²) in [5.41, 5.74) is 5.08. The van der Waals surface area contributed by atoms with Crippen molar-refractivity contribution < 1.29 is 9.53 Å². The largest absolute Gasteiger partial charge is 0.497 e. The van der Waals surface area contributed by atoms with Crippen LogP contribution in [-0.4, -0.2) is 29.0 Å². The van der Waals surface area contributed by atoms with E-state index in [0.29, 0.717) is 24.2 Å². The maximum absolute atomic E-state index is 13.4. The van der Waals surface area contributed by atoms with Crippen LogP contribution in [0.15, 0.2) is 54.6 Å². The van der Waals surface area contributed by atoms with Crippen molar-refractivity contribution in [1.29, 1.82) is 5.26 Å². The van der Waals surface area contributed by atoms with Crippen LogP contribution in [0.25, 0.3) is 0 Å². The fourth-order valence-corrected chi connectivity index (χ4v) is 3.92. The Morgan fingerprint density at radius 2 is 1.90 bits per heavy atom. The Labute approximate surface area is 176 Å². The predicted molar refractivity (Wildman–Crippen MR) is 115 cm³/mol. The molecular weight excluding hydrogens is 376 g/mol. The van der Waals surface area contributed by atoms with Gasteiger partial charge < -0.3 is 19.5 Å². The lowest BCUT2D eigenvalue weighted by molar-refractivity contribution is 0.0685. The number of hydrogen-bond donors (Lipinski definition) is 1. The second kappa shape index (κ2) is 7.96. The number of nitriles is 1. The molecule has 0 saturated heterocycles. The first-order chi connectivity index (χ1) is 14.5. The molecule has 0 fully saturated rings. The summed E-state index contributed by atoms with van der Waals surface area (Å²) in [7, 11) is 3.52. The summed E-state index contributed by atoms with van der Waals surface area (Å²) in [4.78, 5) is 15.2. The van der Waals surface area contributed by atoms with Gasteiger partial charge in [-0.15, -0.1) is 0 Å². The molecule has 3 aromatic rings. The molecule has 1 aliphatic rings. The number of aromatic nitrogens is 1. The summed E-state index contributed by atoms with van der Waals surface area (Å²) in [5.74, 6) is 0.801. The molecule has 0 bridgehead atoms. The number of fused-ring (bicyclic) bond motifs is 1. The van der Waals surface area contributed by atoms with E-state index < -0.39 is 0 Å². The molecule has 0 aliphatic carbocycles. The van der Waals surface area contributed by atoms with E-state index in [1.165, 1.54) is 0 Å². The zero-order valence-corrected chi connectivity index (χ0v) is 17.3. The molecule has 0 spiro atoms. The Morgan fingerprint density at radius 3 is 2.57 bits per heavy atom. The lowest BCUT2D eigenvalue weighted by Gasteiger charge is -2.38. The van der Waals surface area contributed by atoms with Gasteiger partial charge in [0.2, 0.25) is 0 Å². The van der Waals surface area contributed by atoms with Crippen LogP contribution in [0, 0.1) is 18.3 Å². The van der Waals surface area contributed by atoms with Gasteiger partial charge in [-0.25, -0.2) is 0 Å². The Morgan fingerprint density at radius 1 is 1.17 bits per heavy atom. The third kappa shape index (κ3) is 3.39. The summed E-state index contributed by atoms with van der Waals surface area (Å²) in [6.45, 7) is 2.53. The average Bonchev–Trinajstić information content (AvgIpc) is 3.07. The van der Waals surface area contributed by atoms with Crippen LogP contribution in [0.4, 0.5) is 5.69 Å². The van der Waals surface area contributed by atoms with Crippen molar-refractivity contribution in [2.24, 2.45) is 7.05 Å².